The van der Waals surface area contributed by atoms with Crippen LogP contribution in [0.25, 0.3) is 0 Å². The maximum Gasteiger partial charge on any atom is 0.336 e. The summed E-state index contributed by atoms with van der Waals surface area (Å²) in [6.45, 7) is 1.76. The molecule has 1 heterocycles. The summed E-state index contributed by atoms with van der Waals surface area (Å²) in [6.07, 6.45) is 1.73. The lowest BCUT2D eigenvalue weighted by Crippen LogP contribution is -2.04. The molecular formula is C7H9N3O2. The zero-order valence-corrected chi connectivity index (χ0v) is 6.94. The lowest BCUT2D eigenvalue weighted by Gasteiger charge is -1.97. The molecule has 64 valence electrons. The predicted octanol–water partition coefficient (Wildman–Crippen LogP) is 0.473. The lowest BCUT2D eigenvalue weighted by molar-refractivity contribution is 0.0981. The fourth-order valence-corrected chi connectivity index (χ4v) is 0.689. The van der Waals surface area contributed by atoms with Gasteiger partial charge in [0.2, 0.25) is 0 Å². The second-order valence-corrected chi connectivity index (χ2v) is 2.11. The van der Waals surface area contributed by atoms with E-state index in [0.717, 1.165) is 0 Å². The van der Waals surface area contributed by atoms with Crippen LogP contribution in [0.5, 0.6) is 6.01 Å². The molecule has 1 aromatic rings. The normalized spacial score (nSPS) is 9.50. The highest BCUT2D eigenvalue weighted by Crippen LogP contribution is 2.01. The van der Waals surface area contributed by atoms with E-state index in [9.17, 15) is 4.79 Å². The summed E-state index contributed by atoms with van der Waals surface area (Å²) in [5.74, 6) is -0.0665. The Kier molecular flexibility index (Phi) is 2.68. The Morgan fingerprint density at radius 3 is 3.00 bits per heavy atom. The average molecular weight is 167 g/mol. The smallest absolute Gasteiger partial charge is 0.336 e. The Labute approximate surface area is 69.8 Å². The zero-order chi connectivity index (χ0) is 8.97. The molecule has 0 aromatic carbocycles. The Hall–Kier alpha value is -1.52. The Balaban J connectivity index is 2.93. The van der Waals surface area contributed by atoms with Crippen LogP contribution in [0.3, 0.4) is 0 Å². The molecule has 0 spiro atoms. The van der Waals surface area contributed by atoms with Crippen molar-refractivity contribution < 1.29 is 9.53 Å². The van der Waals surface area contributed by atoms with E-state index in [2.05, 4.69) is 15.2 Å². The monoisotopic (exact) mass is 167 g/mol. The van der Waals surface area contributed by atoms with Crippen molar-refractivity contribution >= 4 is 5.78 Å². The van der Waals surface area contributed by atoms with Gasteiger partial charge in [-0.25, -0.2) is 0 Å². The third-order valence-electron chi connectivity index (χ3n) is 1.33. The molecule has 0 aliphatic rings. The quantitative estimate of drug-likeness (QED) is 0.612. The van der Waals surface area contributed by atoms with E-state index < -0.39 is 0 Å². The van der Waals surface area contributed by atoms with Crippen LogP contribution < -0.4 is 4.74 Å². The summed E-state index contributed by atoms with van der Waals surface area (Å²) in [5.41, 5.74) is 0.296. The van der Waals surface area contributed by atoms with Gasteiger partial charge in [-0.05, 0) is 0 Å². The molecule has 1 aromatic heterocycles. The van der Waals surface area contributed by atoms with Gasteiger partial charge in [-0.1, -0.05) is 12.0 Å². The molecule has 5 heteroatoms. The average Bonchev–Trinajstić information content (AvgIpc) is 2.17. The third-order valence-corrected chi connectivity index (χ3v) is 1.33. The summed E-state index contributed by atoms with van der Waals surface area (Å²) >= 11 is 0. The first-order chi connectivity index (χ1) is 5.77. The van der Waals surface area contributed by atoms with Crippen molar-refractivity contribution in [2.45, 2.75) is 13.3 Å². The molecule has 5 nitrogen and oxygen atoms in total. The van der Waals surface area contributed by atoms with E-state index >= 15 is 0 Å². The predicted molar refractivity (Wildman–Crippen MR) is 41.0 cm³/mol. The van der Waals surface area contributed by atoms with Crippen molar-refractivity contribution in [3.8, 4) is 6.01 Å². The highest BCUT2D eigenvalue weighted by atomic mass is 16.5. The minimum atomic E-state index is -0.0665. The van der Waals surface area contributed by atoms with E-state index in [4.69, 9.17) is 4.74 Å². The minimum absolute atomic E-state index is 0.0665. The van der Waals surface area contributed by atoms with E-state index in [1.807, 2.05) is 0 Å². The molecule has 0 aliphatic heterocycles. The minimum Gasteiger partial charge on any atom is -0.466 e. The summed E-state index contributed by atoms with van der Waals surface area (Å²) in [6, 6.07) is 0.120. The number of rotatable bonds is 3. The molecule has 0 saturated carbocycles. The first-order valence-electron chi connectivity index (χ1n) is 3.54. The number of methoxy groups -OCH3 is 1. The second-order valence-electron chi connectivity index (χ2n) is 2.11. The molecule has 0 radical (unpaired) electrons. The Bertz CT molecular complexity index is 288. The molecule has 1 rings (SSSR count). The van der Waals surface area contributed by atoms with Gasteiger partial charge >= 0.3 is 6.01 Å². The SMILES string of the molecule is CCC(=O)c1cnnc(OC)n1. The van der Waals surface area contributed by atoms with Crippen LogP contribution in [0.2, 0.25) is 0 Å². The maximum atomic E-state index is 11.1. The van der Waals surface area contributed by atoms with Crippen molar-refractivity contribution in [3.63, 3.8) is 0 Å². The van der Waals surface area contributed by atoms with Gasteiger partial charge in [0.25, 0.3) is 0 Å². The summed E-state index contributed by atoms with van der Waals surface area (Å²) in [7, 11) is 1.43. The first-order valence-corrected chi connectivity index (χ1v) is 3.54. The van der Waals surface area contributed by atoms with Crippen molar-refractivity contribution in [1.82, 2.24) is 15.2 Å². The number of carbonyl (C=O) groups excluding carboxylic acids is 1. The van der Waals surface area contributed by atoms with Crippen LogP contribution in [0.4, 0.5) is 0 Å². The van der Waals surface area contributed by atoms with Gasteiger partial charge in [0, 0.05) is 6.42 Å². The van der Waals surface area contributed by atoms with Crippen LogP contribution in [0.1, 0.15) is 23.8 Å². The van der Waals surface area contributed by atoms with Crippen molar-refractivity contribution in [2.24, 2.45) is 0 Å². The topological polar surface area (TPSA) is 65.0 Å². The molecule has 0 saturated heterocycles. The molecule has 0 fully saturated rings. The lowest BCUT2D eigenvalue weighted by atomic mass is 10.2. The molecule has 0 amide bonds. The largest absolute Gasteiger partial charge is 0.466 e. The number of ketones is 1. The van der Waals surface area contributed by atoms with Crippen LogP contribution in [0.15, 0.2) is 6.20 Å². The number of Topliss-reactive ketones (excluding diaryl/α,β-unsaturated/α-hetero) is 1. The van der Waals surface area contributed by atoms with E-state index in [0.29, 0.717) is 12.1 Å². The van der Waals surface area contributed by atoms with Crippen molar-refractivity contribution in [2.75, 3.05) is 7.11 Å². The fourth-order valence-electron chi connectivity index (χ4n) is 0.689. The van der Waals surface area contributed by atoms with Gasteiger partial charge in [0.1, 0.15) is 5.69 Å². The van der Waals surface area contributed by atoms with Gasteiger partial charge in [-0.2, -0.15) is 10.1 Å². The second kappa shape index (κ2) is 3.75. The Morgan fingerprint density at radius 1 is 1.67 bits per heavy atom. The number of ether oxygens (including phenoxy) is 1. The summed E-state index contributed by atoms with van der Waals surface area (Å²) in [4.78, 5) is 14.9. The van der Waals surface area contributed by atoms with Gasteiger partial charge in [-0.15, -0.1) is 0 Å². The van der Waals surface area contributed by atoms with Crippen molar-refractivity contribution in [3.05, 3.63) is 11.9 Å². The Morgan fingerprint density at radius 2 is 2.42 bits per heavy atom. The number of nitrogens with zero attached hydrogens (tertiary/aromatic N) is 3. The summed E-state index contributed by atoms with van der Waals surface area (Å²) in [5, 5.41) is 7.11. The molecule has 12 heavy (non-hydrogen) atoms. The molecule has 0 aliphatic carbocycles. The number of carbonyl (C=O) groups is 1. The van der Waals surface area contributed by atoms with Crippen LogP contribution in [-0.4, -0.2) is 28.1 Å². The van der Waals surface area contributed by atoms with E-state index in [1.54, 1.807) is 6.92 Å². The molecule has 0 N–H and O–H groups in total. The molecule has 0 unspecified atom stereocenters. The van der Waals surface area contributed by atoms with Gasteiger partial charge < -0.3 is 4.74 Å². The zero-order valence-electron chi connectivity index (χ0n) is 6.94. The highest BCUT2D eigenvalue weighted by Gasteiger charge is 2.06. The van der Waals surface area contributed by atoms with E-state index in [1.165, 1.54) is 13.3 Å². The van der Waals surface area contributed by atoms with Gasteiger partial charge in [0.15, 0.2) is 5.78 Å². The maximum absolute atomic E-state index is 11.1. The standard InChI is InChI=1S/C7H9N3O2/c1-3-6(11)5-4-8-10-7(9-5)12-2/h4H,3H2,1-2H3. The molecular weight excluding hydrogens is 158 g/mol. The summed E-state index contributed by atoms with van der Waals surface area (Å²) < 4.78 is 4.71. The third kappa shape index (κ3) is 1.75. The van der Waals surface area contributed by atoms with Gasteiger partial charge in [0.05, 0.1) is 13.3 Å². The van der Waals surface area contributed by atoms with Crippen LogP contribution in [-0.2, 0) is 0 Å². The molecule has 0 atom stereocenters. The number of aromatic nitrogens is 3. The van der Waals surface area contributed by atoms with E-state index in [-0.39, 0.29) is 11.8 Å². The first kappa shape index (κ1) is 8.58. The van der Waals surface area contributed by atoms with Crippen LogP contribution in [0, 0.1) is 0 Å². The number of hydrogen-bond donors (Lipinski definition) is 0. The number of hydrogen-bond acceptors (Lipinski definition) is 5. The molecule has 0 bridgehead atoms. The highest BCUT2D eigenvalue weighted by molar-refractivity contribution is 5.93. The van der Waals surface area contributed by atoms with Crippen molar-refractivity contribution in [1.29, 1.82) is 0 Å². The van der Waals surface area contributed by atoms with Crippen LogP contribution >= 0.6 is 0 Å². The fraction of sp³-hybridized carbons (Fsp3) is 0.429. The van der Waals surface area contributed by atoms with Gasteiger partial charge in [-0.3, -0.25) is 4.79 Å².